The number of halogens is 1. The number of para-hydroxylation sites is 1. The van der Waals surface area contributed by atoms with E-state index in [0.717, 1.165) is 5.01 Å². The predicted octanol–water partition coefficient (Wildman–Crippen LogP) is 4.21. The molecule has 4 rings (SSSR count). The molecule has 0 radical (unpaired) electrons. The van der Waals surface area contributed by atoms with Gasteiger partial charge in [0.15, 0.2) is 0 Å². The zero-order valence-electron chi connectivity index (χ0n) is 15.9. The zero-order chi connectivity index (χ0) is 21.1. The highest BCUT2D eigenvalue weighted by atomic mass is 19.1. The number of benzene rings is 3. The van der Waals surface area contributed by atoms with Crippen LogP contribution in [0.3, 0.4) is 0 Å². The van der Waals surface area contributed by atoms with Crippen molar-refractivity contribution in [2.45, 2.75) is 11.6 Å². The van der Waals surface area contributed by atoms with Gasteiger partial charge in [0.25, 0.3) is 5.91 Å². The van der Waals surface area contributed by atoms with Crippen molar-refractivity contribution in [2.75, 3.05) is 11.6 Å². The third-order valence-electron chi connectivity index (χ3n) is 5.11. The molecule has 0 bridgehead atoms. The Labute approximate surface area is 172 Å². The highest BCUT2D eigenvalue weighted by molar-refractivity contribution is 6.28. The summed E-state index contributed by atoms with van der Waals surface area (Å²) < 4.78 is 16.9. The summed E-state index contributed by atoms with van der Waals surface area (Å²) >= 11 is 0. The van der Waals surface area contributed by atoms with Gasteiger partial charge in [-0.25, -0.2) is 4.39 Å². The van der Waals surface area contributed by atoms with Crippen molar-refractivity contribution >= 4 is 17.3 Å². The maximum absolute atomic E-state index is 16.9. The fourth-order valence-electron chi connectivity index (χ4n) is 3.69. The van der Waals surface area contributed by atoms with E-state index < -0.39 is 29.0 Å². The molecule has 7 heteroatoms. The molecule has 1 aliphatic heterocycles. The summed E-state index contributed by atoms with van der Waals surface area (Å²) in [5, 5.41) is 16.8. The molecule has 3 aromatic rings. The second kappa shape index (κ2) is 7.87. The first-order valence-electron chi connectivity index (χ1n) is 9.41. The predicted molar refractivity (Wildman–Crippen MR) is 112 cm³/mol. The summed E-state index contributed by atoms with van der Waals surface area (Å²) in [4.78, 5) is 24.3. The van der Waals surface area contributed by atoms with E-state index in [-0.39, 0.29) is 5.71 Å². The number of alkyl halides is 1. The summed E-state index contributed by atoms with van der Waals surface area (Å²) in [6.45, 7) is -0.749. The highest BCUT2D eigenvalue weighted by Crippen LogP contribution is 2.42. The zero-order valence-corrected chi connectivity index (χ0v) is 15.9. The molecule has 3 aromatic carbocycles. The first-order valence-corrected chi connectivity index (χ1v) is 9.41. The lowest BCUT2D eigenvalue weighted by Crippen LogP contribution is -2.50. The van der Waals surface area contributed by atoms with E-state index >= 15 is 4.39 Å². The third kappa shape index (κ3) is 3.34. The van der Waals surface area contributed by atoms with Crippen LogP contribution < -0.4 is 5.01 Å². The van der Waals surface area contributed by atoms with Gasteiger partial charge in [0.05, 0.1) is 11.6 Å². The molecule has 0 aromatic heterocycles. The SMILES string of the molecule is O=C1N(c2ccccc2)N=C(c2ccccc2)[C@@]1(F)[C@H](C[N+](=O)[O-])c1ccccc1. The van der Waals surface area contributed by atoms with Gasteiger partial charge < -0.3 is 0 Å². The molecule has 1 aliphatic rings. The lowest BCUT2D eigenvalue weighted by Gasteiger charge is -2.28. The van der Waals surface area contributed by atoms with E-state index in [1.807, 2.05) is 0 Å². The van der Waals surface area contributed by atoms with Crippen molar-refractivity contribution in [3.63, 3.8) is 0 Å². The summed E-state index contributed by atoms with van der Waals surface area (Å²) in [5.41, 5.74) is -1.68. The molecule has 2 atom stereocenters. The van der Waals surface area contributed by atoms with E-state index in [1.165, 1.54) is 0 Å². The molecule has 150 valence electrons. The first kappa shape index (κ1) is 19.4. The Hall–Kier alpha value is -3.87. The monoisotopic (exact) mass is 403 g/mol. The summed E-state index contributed by atoms with van der Waals surface area (Å²) in [6.07, 6.45) is 0. The number of nitro groups is 1. The third-order valence-corrected chi connectivity index (χ3v) is 5.11. The normalized spacial score (nSPS) is 19.4. The van der Waals surface area contributed by atoms with Crippen LogP contribution in [0.5, 0.6) is 0 Å². The maximum Gasteiger partial charge on any atom is 0.292 e. The Bertz CT molecular complexity index is 1090. The molecule has 1 amide bonds. The molecule has 0 saturated carbocycles. The molecule has 0 N–H and O–H groups in total. The lowest BCUT2D eigenvalue weighted by atomic mass is 9.78. The number of rotatable bonds is 6. The fourth-order valence-corrected chi connectivity index (χ4v) is 3.69. The van der Waals surface area contributed by atoms with Crippen molar-refractivity contribution in [3.8, 4) is 0 Å². The molecule has 6 nitrogen and oxygen atoms in total. The van der Waals surface area contributed by atoms with Gasteiger partial charge in [-0.05, 0) is 17.7 Å². The summed E-state index contributed by atoms with van der Waals surface area (Å²) in [7, 11) is 0. The van der Waals surface area contributed by atoms with Crippen LogP contribution in [-0.4, -0.2) is 28.8 Å². The molecule has 0 fully saturated rings. The Morgan fingerprint density at radius 2 is 1.47 bits per heavy atom. The number of anilines is 1. The maximum atomic E-state index is 16.9. The van der Waals surface area contributed by atoms with E-state index in [4.69, 9.17) is 0 Å². The number of nitrogens with zero attached hydrogens (tertiary/aromatic N) is 3. The van der Waals surface area contributed by atoms with Crippen molar-refractivity contribution < 1.29 is 14.1 Å². The smallest absolute Gasteiger partial charge is 0.268 e. The Kier molecular flexibility index (Phi) is 5.10. The van der Waals surface area contributed by atoms with Crippen LogP contribution >= 0.6 is 0 Å². The Morgan fingerprint density at radius 3 is 2.03 bits per heavy atom. The standard InChI is InChI=1S/C23H18FN3O3/c24-23(20(16-26(29)30)17-10-4-1-5-11-17)21(18-12-6-2-7-13-18)25-27(22(23)28)19-14-8-3-9-15-19/h1-15,20H,16H2/t20-,23+/m1/s1. The molecular weight excluding hydrogens is 385 g/mol. The molecule has 0 unspecified atom stereocenters. The number of amides is 1. The molecule has 0 spiro atoms. The van der Waals surface area contributed by atoms with E-state index in [0.29, 0.717) is 16.8 Å². The molecule has 0 saturated heterocycles. The first-order chi connectivity index (χ1) is 14.5. The average molecular weight is 403 g/mol. The highest BCUT2D eigenvalue weighted by Gasteiger charge is 2.60. The minimum absolute atomic E-state index is 0.132. The van der Waals surface area contributed by atoms with Crippen molar-refractivity contribution in [2.24, 2.45) is 5.10 Å². The molecule has 30 heavy (non-hydrogen) atoms. The minimum Gasteiger partial charge on any atom is -0.268 e. The number of carbonyl (C=O) groups is 1. The number of hydrogen-bond acceptors (Lipinski definition) is 4. The number of carbonyl (C=O) groups excluding carboxylic acids is 1. The van der Waals surface area contributed by atoms with Crippen molar-refractivity contribution in [1.82, 2.24) is 0 Å². The van der Waals surface area contributed by atoms with Gasteiger partial charge >= 0.3 is 0 Å². The van der Waals surface area contributed by atoms with Crippen molar-refractivity contribution in [1.29, 1.82) is 0 Å². The largest absolute Gasteiger partial charge is 0.292 e. The van der Waals surface area contributed by atoms with Crippen LogP contribution in [0, 0.1) is 10.1 Å². The van der Waals surface area contributed by atoms with Gasteiger partial charge in [0.1, 0.15) is 5.71 Å². The second-order valence-electron chi connectivity index (χ2n) is 6.96. The molecular formula is C23H18FN3O3. The Balaban J connectivity index is 1.90. The van der Waals surface area contributed by atoms with E-state index in [9.17, 15) is 14.9 Å². The van der Waals surface area contributed by atoms with Gasteiger partial charge in [-0.15, -0.1) is 0 Å². The minimum atomic E-state index is -2.70. The quantitative estimate of drug-likeness (QED) is 0.457. The van der Waals surface area contributed by atoms with Gasteiger partial charge in [-0.3, -0.25) is 14.9 Å². The van der Waals surface area contributed by atoms with Gasteiger partial charge in [0, 0.05) is 10.5 Å². The van der Waals surface area contributed by atoms with Gasteiger partial charge in [0.2, 0.25) is 12.2 Å². The van der Waals surface area contributed by atoms with Crippen LogP contribution in [0.15, 0.2) is 96.1 Å². The van der Waals surface area contributed by atoms with Crippen LogP contribution in [0.2, 0.25) is 0 Å². The molecule has 0 aliphatic carbocycles. The fraction of sp³-hybridized carbons (Fsp3) is 0.130. The van der Waals surface area contributed by atoms with Gasteiger partial charge in [-0.1, -0.05) is 78.9 Å². The van der Waals surface area contributed by atoms with Crippen LogP contribution in [0.1, 0.15) is 17.0 Å². The van der Waals surface area contributed by atoms with Crippen LogP contribution in [0.25, 0.3) is 0 Å². The second-order valence-corrected chi connectivity index (χ2v) is 6.96. The topological polar surface area (TPSA) is 75.8 Å². The molecule has 1 heterocycles. The summed E-state index contributed by atoms with van der Waals surface area (Å²) in [5.74, 6) is -2.28. The van der Waals surface area contributed by atoms with E-state index in [2.05, 4.69) is 5.10 Å². The van der Waals surface area contributed by atoms with E-state index in [1.54, 1.807) is 91.0 Å². The van der Waals surface area contributed by atoms with Crippen LogP contribution in [0.4, 0.5) is 10.1 Å². The van der Waals surface area contributed by atoms with Crippen molar-refractivity contribution in [3.05, 3.63) is 112 Å². The van der Waals surface area contributed by atoms with Gasteiger partial charge in [-0.2, -0.15) is 10.1 Å². The summed E-state index contributed by atoms with van der Waals surface area (Å²) in [6, 6.07) is 25.2. The lowest BCUT2D eigenvalue weighted by molar-refractivity contribution is -0.485. The number of hydrogen-bond donors (Lipinski definition) is 0. The van der Waals surface area contributed by atoms with Crippen LogP contribution in [-0.2, 0) is 4.79 Å². The average Bonchev–Trinajstić information content (AvgIpc) is 3.05. The number of hydrazone groups is 1. The Morgan fingerprint density at radius 1 is 0.933 bits per heavy atom.